The average molecular weight is 286 g/mol. The Morgan fingerprint density at radius 1 is 1.14 bits per heavy atom. The molecule has 0 unspecified atom stereocenters. The summed E-state index contributed by atoms with van der Waals surface area (Å²) in [6.07, 6.45) is 0. The lowest BCUT2D eigenvalue weighted by Gasteiger charge is -2.08. The number of ether oxygens (including phenoxy) is 1. The van der Waals surface area contributed by atoms with Gasteiger partial charge in [0.1, 0.15) is 12.4 Å². The lowest BCUT2D eigenvalue weighted by atomic mass is 10.2. The summed E-state index contributed by atoms with van der Waals surface area (Å²) >= 11 is 0. The van der Waals surface area contributed by atoms with Crippen molar-refractivity contribution >= 4 is 5.69 Å². The predicted octanol–water partition coefficient (Wildman–Crippen LogP) is 3.28. The molecule has 0 aliphatic heterocycles. The maximum Gasteiger partial charge on any atom is 0.269 e. The maximum atomic E-state index is 10.6. The van der Waals surface area contributed by atoms with E-state index in [2.05, 4.69) is 12.2 Å². The van der Waals surface area contributed by atoms with Crippen LogP contribution in [0.25, 0.3) is 0 Å². The number of hydrogen-bond acceptors (Lipinski definition) is 4. The summed E-state index contributed by atoms with van der Waals surface area (Å²) in [6, 6.07) is 14.3. The quantitative estimate of drug-likeness (QED) is 0.626. The average Bonchev–Trinajstić information content (AvgIpc) is 2.52. The topological polar surface area (TPSA) is 64.4 Å². The highest BCUT2D eigenvalue weighted by Gasteiger charge is 2.04. The summed E-state index contributed by atoms with van der Waals surface area (Å²) < 4.78 is 5.72. The maximum absolute atomic E-state index is 10.6. The van der Waals surface area contributed by atoms with Crippen LogP contribution < -0.4 is 10.1 Å². The van der Waals surface area contributed by atoms with E-state index in [9.17, 15) is 10.1 Å². The van der Waals surface area contributed by atoms with E-state index in [1.165, 1.54) is 12.1 Å². The zero-order valence-corrected chi connectivity index (χ0v) is 11.9. The van der Waals surface area contributed by atoms with Crippen LogP contribution in [-0.4, -0.2) is 11.5 Å². The molecule has 0 aliphatic carbocycles. The first kappa shape index (κ1) is 15.0. The summed E-state index contributed by atoms with van der Waals surface area (Å²) in [6.45, 7) is 4.19. The Bertz CT molecular complexity index is 597. The van der Waals surface area contributed by atoms with Gasteiger partial charge in [-0.15, -0.1) is 0 Å². The fourth-order valence-corrected chi connectivity index (χ4v) is 1.90. The van der Waals surface area contributed by atoms with Crippen LogP contribution >= 0.6 is 0 Å². The summed E-state index contributed by atoms with van der Waals surface area (Å²) in [5.74, 6) is 0.795. The Kier molecular flexibility index (Phi) is 5.29. The lowest BCUT2D eigenvalue weighted by Crippen LogP contribution is -2.11. The van der Waals surface area contributed by atoms with Gasteiger partial charge in [-0.25, -0.2) is 0 Å². The molecule has 0 saturated carbocycles. The minimum Gasteiger partial charge on any atom is -0.489 e. The molecule has 5 nitrogen and oxygen atoms in total. The van der Waals surface area contributed by atoms with Crippen LogP contribution in [0.15, 0.2) is 48.5 Å². The van der Waals surface area contributed by atoms with Crippen molar-refractivity contribution in [3.8, 4) is 5.75 Å². The molecule has 0 saturated heterocycles. The summed E-state index contributed by atoms with van der Waals surface area (Å²) in [5.41, 5.74) is 2.15. The number of hydrogen-bond donors (Lipinski definition) is 1. The number of nitrogens with zero attached hydrogens (tertiary/aromatic N) is 1. The Hall–Kier alpha value is -2.40. The van der Waals surface area contributed by atoms with Crippen LogP contribution in [0.4, 0.5) is 5.69 Å². The van der Waals surface area contributed by atoms with Gasteiger partial charge in [0.05, 0.1) is 4.92 Å². The van der Waals surface area contributed by atoms with Gasteiger partial charge in [0.15, 0.2) is 0 Å². The zero-order chi connectivity index (χ0) is 15.1. The monoisotopic (exact) mass is 286 g/mol. The molecule has 5 heteroatoms. The van der Waals surface area contributed by atoms with Gasteiger partial charge in [-0.2, -0.15) is 0 Å². The van der Waals surface area contributed by atoms with E-state index in [-0.39, 0.29) is 5.69 Å². The number of nitro groups is 1. The molecular weight excluding hydrogens is 268 g/mol. The molecule has 110 valence electrons. The van der Waals surface area contributed by atoms with Crippen LogP contribution in [0.3, 0.4) is 0 Å². The Morgan fingerprint density at radius 2 is 1.90 bits per heavy atom. The van der Waals surface area contributed by atoms with Gasteiger partial charge in [-0.05, 0) is 41.9 Å². The molecule has 0 spiro atoms. The smallest absolute Gasteiger partial charge is 0.269 e. The van der Waals surface area contributed by atoms with Crippen molar-refractivity contribution in [2.24, 2.45) is 0 Å². The second-order valence-corrected chi connectivity index (χ2v) is 4.64. The molecule has 0 aromatic heterocycles. The van der Waals surface area contributed by atoms with Crippen LogP contribution in [0, 0.1) is 10.1 Å². The number of benzene rings is 2. The Morgan fingerprint density at radius 3 is 2.57 bits per heavy atom. The van der Waals surface area contributed by atoms with Crippen molar-refractivity contribution in [2.75, 3.05) is 6.54 Å². The van der Waals surface area contributed by atoms with E-state index >= 15 is 0 Å². The highest BCUT2D eigenvalue weighted by molar-refractivity contribution is 5.33. The molecule has 0 radical (unpaired) electrons. The SMILES string of the molecule is CCNCc1cccc(OCc2ccc([N+](=O)[O-])cc2)c1. The molecular formula is C16H18N2O3. The van der Waals surface area contributed by atoms with Crippen LogP contribution in [0.5, 0.6) is 5.75 Å². The zero-order valence-electron chi connectivity index (χ0n) is 11.9. The van der Waals surface area contributed by atoms with Crippen molar-refractivity contribution in [3.63, 3.8) is 0 Å². The molecule has 0 atom stereocenters. The molecule has 0 heterocycles. The van der Waals surface area contributed by atoms with Gasteiger partial charge in [0.25, 0.3) is 5.69 Å². The second kappa shape index (κ2) is 7.40. The van der Waals surface area contributed by atoms with Crippen molar-refractivity contribution in [1.82, 2.24) is 5.32 Å². The van der Waals surface area contributed by atoms with E-state index < -0.39 is 4.92 Å². The minimum absolute atomic E-state index is 0.0892. The second-order valence-electron chi connectivity index (χ2n) is 4.64. The van der Waals surface area contributed by atoms with Crippen molar-refractivity contribution in [3.05, 3.63) is 69.8 Å². The van der Waals surface area contributed by atoms with Crippen LogP contribution in [-0.2, 0) is 13.2 Å². The molecule has 2 aromatic carbocycles. The largest absolute Gasteiger partial charge is 0.489 e. The lowest BCUT2D eigenvalue weighted by molar-refractivity contribution is -0.384. The van der Waals surface area contributed by atoms with E-state index in [0.717, 1.165) is 30.0 Å². The van der Waals surface area contributed by atoms with Gasteiger partial charge < -0.3 is 10.1 Å². The molecule has 1 N–H and O–H groups in total. The van der Waals surface area contributed by atoms with Crippen molar-refractivity contribution in [1.29, 1.82) is 0 Å². The summed E-state index contributed by atoms with van der Waals surface area (Å²) in [5, 5.41) is 13.8. The van der Waals surface area contributed by atoms with E-state index in [4.69, 9.17) is 4.74 Å². The first-order chi connectivity index (χ1) is 10.2. The third-order valence-corrected chi connectivity index (χ3v) is 3.03. The van der Waals surface area contributed by atoms with Gasteiger partial charge >= 0.3 is 0 Å². The van der Waals surface area contributed by atoms with Crippen molar-refractivity contribution < 1.29 is 9.66 Å². The standard InChI is InChI=1S/C16H18N2O3/c1-2-17-11-14-4-3-5-16(10-14)21-12-13-6-8-15(9-7-13)18(19)20/h3-10,17H,2,11-12H2,1H3. The fourth-order valence-electron chi connectivity index (χ4n) is 1.90. The first-order valence-electron chi connectivity index (χ1n) is 6.85. The molecule has 2 aromatic rings. The molecule has 0 fully saturated rings. The molecule has 21 heavy (non-hydrogen) atoms. The normalized spacial score (nSPS) is 10.3. The molecule has 0 bridgehead atoms. The summed E-state index contributed by atoms with van der Waals surface area (Å²) in [7, 11) is 0. The molecule has 0 aliphatic rings. The van der Waals surface area contributed by atoms with E-state index in [1.54, 1.807) is 12.1 Å². The number of nitrogens with one attached hydrogen (secondary N) is 1. The van der Waals surface area contributed by atoms with Crippen LogP contribution in [0.2, 0.25) is 0 Å². The van der Waals surface area contributed by atoms with E-state index in [0.29, 0.717) is 6.61 Å². The number of rotatable bonds is 7. The minimum atomic E-state index is -0.408. The Balaban J connectivity index is 1.94. The first-order valence-corrected chi connectivity index (χ1v) is 6.85. The highest BCUT2D eigenvalue weighted by atomic mass is 16.6. The van der Waals surface area contributed by atoms with Gasteiger partial charge in [-0.1, -0.05) is 19.1 Å². The predicted molar refractivity (Wildman–Crippen MR) is 81.3 cm³/mol. The molecule has 0 amide bonds. The van der Waals surface area contributed by atoms with Gasteiger partial charge in [0.2, 0.25) is 0 Å². The Labute approximate surface area is 123 Å². The van der Waals surface area contributed by atoms with Crippen LogP contribution in [0.1, 0.15) is 18.1 Å². The van der Waals surface area contributed by atoms with Crippen molar-refractivity contribution in [2.45, 2.75) is 20.1 Å². The van der Waals surface area contributed by atoms with Gasteiger partial charge in [0, 0.05) is 18.7 Å². The highest BCUT2D eigenvalue weighted by Crippen LogP contribution is 2.17. The fraction of sp³-hybridized carbons (Fsp3) is 0.250. The summed E-state index contributed by atoms with van der Waals surface area (Å²) in [4.78, 5) is 10.2. The third-order valence-electron chi connectivity index (χ3n) is 3.03. The third kappa shape index (κ3) is 4.57. The van der Waals surface area contributed by atoms with E-state index in [1.807, 2.05) is 24.3 Å². The molecule has 2 rings (SSSR count). The number of non-ortho nitro benzene ring substituents is 1. The van der Waals surface area contributed by atoms with Gasteiger partial charge in [-0.3, -0.25) is 10.1 Å². The number of nitro benzene ring substituents is 1.